The zero-order valence-electron chi connectivity index (χ0n) is 9.72. The van der Waals surface area contributed by atoms with Crippen molar-refractivity contribution in [2.45, 2.75) is 13.3 Å². The summed E-state index contributed by atoms with van der Waals surface area (Å²) in [5.74, 6) is -1.37. The fourth-order valence-corrected chi connectivity index (χ4v) is 1.46. The fraction of sp³-hybridized carbons (Fsp3) is 0.333. The first kappa shape index (κ1) is 13.0. The van der Waals surface area contributed by atoms with Crippen LogP contribution in [0.5, 0.6) is 0 Å². The predicted molar refractivity (Wildman–Crippen MR) is 64.8 cm³/mol. The van der Waals surface area contributed by atoms with Crippen molar-refractivity contribution in [3.63, 3.8) is 0 Å². The van der Waals surface area contributed by atoms with Gasteiger partial charge in [-0.15, -0.1) is 0 Å². The van der Waals surface area contributed by atoms with Crippen molar-refractivity contribution in [3.05, 3.63) is 29.8 Å². The highest BCUT2D eigenvalue weighted by Gasteiger charge is 2.11. The molecule has 1 aromatic carbocycles. The van der Waals surface area contributed by atoms with Crippen molar-refractivity contribution < 1.29 is 14.7 Å². The number of hydrogen-bond donors (Lipinski definition) is 2. The van der Waals surface area contributed by atoms with E-state index >= 15 is 0 Å². The summed E-state index contributed by atoms with van der Waals surface area (Å²) in [6, 6.07) is 7.46. The smallest absolute Gasteiger partial charge is 0.323 e. The van der Waals surface area contributed by atoms with E-state index in [0.29, 0.717) is 6.54 Å². The van der Waals surface area contributed by atoms with Gasteiger partial charge in [-0.1, -0.05) is 17.7 Å². The van der Waals surface area contributed by atoms with Crippen LogP contribution in [0.1, 0.15) is 12.0 Å². The number of rotatable bonds is 6. The molecule has 0 atom stereocenters. The molecule has 1 aromatic rings. The van der Waals surface area contributed by atoms with Gasteiger partial charge in [0.1, 0.15) is 6.54 Å². The molecular weight excluding hydrogens is 220 g/mol. The number of primary amides is 1. The van der Waals surface area contributed by atoms with Crippen LogP contribution in [-0.4, -0.2) is 30.1 Å². The third kappa shape index (κ3) is 4.55. The maximum absolute atomic E-state index is 10.7. The quantitative estimate of drug-likeness (QED) is 0.763. The van der Waals surface area contributed by atoms with E-state index in [9.17, 15) is 9.59 Å². The van der Waals surface area contributed by atoms with Crippen LogP contribution < -0.4 is 10.6 Å². The zero-order valence-corrected chi connectivity index (χ0v) is 9.72. The Labute approximate surface area is 99.8 Å². The summed E-state index contributed by atoms with van der Waals surface area (Å²) in [6.07, 6.45) is 0.140. The Morgan fingerprint density at radius 2 is 1.88 bits per heavy atom. The minimum absolute atomic E-state index is 0.140. The SMILES string of the molecule is Cc1ccc(N(CCC(N)=O)CC(=O)O)cc1. The standard InChI is InChI=1S/C12H16N2O3/c1-9-2-4-10(5-3-9)14(8-12(16)17)7-6-11(13)15/h2-5H,6-8H2,1H3,(H2,13,15)(H,16,17). The Hall–Kier alpha value is -2.04. The van der Waals surface area contributed by atoms with Crippen molar-refractivity contribution in [1.82, 2.24) is 0 Å². The number of hydrogen-bond acceptors (Lipinski definition) is 3. The van der Waals surface area contributed by atoms with Crippen molar-refractivity contribution in [1.29, 1.82) is 0 Å². The van der Waals surface area contributed by atoms with Gasteiger partial charge in [-0.25, -0.2) is 0 Å². The summed E-state index contributed by atoms with van der Waals surface area (Å²) in [5.41, 5.74) is 6.93. The monoisotopic (exact) mass is 236 g/mol. The number of carboxylic acids is 1. The molecule has 0 aliphatic heterocycles. The van der Waals surface area contributed by atoms with E-state index in [2.05, 4.69) is 0 Å². The fourth-order valence-electron chi connectivity index (χ4n) is 1.46. The van der Waals surface area contributed by atoms with Crippen molar-refractivity contribution in [3.8, 4) is 0 Å². The lowest BCUT2D eigenvalue weighted by atomic mass is 10.2. The van der Waals surface area contributed by atoms with E-state index < -0.39 is 11.9 Å². The van der Waals surface area contributed by atoms with Crippen LogP contribution in [0, 0.1) is 6.92 Å². The van der Waals surface area contributed by atoms with Crippen molar-refractivity contribution in [2.24, 2.45) is 5.73 Å². The number of carboxylic acid groups (broad SMARTS) is 1. The molecule has 92 valence electrons. The highest BCUT2D eigenvalue weighted by atomic mass is 16.4. The Bertz CT molecular complexity index is 401. The van der Waals surface area contributed by atoms with E-state index in [0.717, 1.165) is 11.3 Å². The number of nitrogens with two attached hydrogens (primary N) is 1. The molecule has 0 unspecified atom stereocenters. The van der Waals surface area contributed by atoms with E-state index in [1.54, 1.807) is 4.90 Å². The van der Waals surface area contributed by atoms with Gasteiger partial charge in [0.25, 0.3) is 0 Å². The number of benzene rings is 1. The highest BCUT2D eigenvalue weighted by Crippen LogP contribution is 2.15. The number of anilines is 1. The summed E-state index contributed by atoms with van der Waals surface area (Å²) in [5, 5.41) is 8.81. The number of aliphatic carboxylic acids is 1. The third-order valence-electron chi connectivity index (χ3n) is 2.35. The van der Waals surface area contributed by atoms with Crippen LogP contribution in [0.4, 0.5) is 5.69 Å². The molecule has 0 bridgehead atoms. The van der Waals surface area contributed by atoms with Crippen LogP contribution in [0.2, 0.25) is 0 Å². The lowest BCUT2D eigenvalue weighted by molar-refractivity contribution is -0.135. The number of aryl methyl sites for hydroxylation is 1. The van der Waals surface area contributed by atoms with Crippen LogP contribution in [-0.2, 0) is 9.59 Å². The molecule has 5 nitrogen and oxygen atoms in total. The molecule has 17 heavy (non-hydrogen) atoms. The maximum Gasteiger partial charge on any atom is 0.323 e. The maximum atomic E-state index is 10.7. The molecule has 5 heteroatoms. The second-order valence-corrected chi connectivity index (χ2v) is 3.87. The molecule has 0 aliphatic rings. The Kier molecular flexibility index (Phi) is 4.51. The normalized spacial score (nSPS) is 9.94. The van der Waals surface area contributed by atoms with Gasteiger partial charge >= 0.3 is 5.97 Å². The first-order chi connectivity index (χ1) is 7.99. The predicted octanol–water partition coefficient (Wildman–Crippen LogP) is 0.761. The number of amides is 1. The van der Waals surface area contributed by atoms with Gasteiger partial charge < -0.3 is 15.7 Å². The van der Waals surface area contributed by atoms with Crippen LogP contribution >= 0.6 is 0 Å². The molecule has 0 radical (unpaired) electrons. The topological polar surface area (TPSA) is 83.6 Å². The van der Waals surface area contributed by atoms with E-state index in [1.807, 2.05) is 31.2 Å². The van der Waals surface area contributed by atoms with Crippen LogP contribution in [0.25, 0.3) is 0 Å². The lowest BCUT2D eigenvalue weighted by Gasteiger charge is -2.22. The summed E-state index contributed by atoms with van der Waals surface area (Å²) in [4.78, 5) is 23.1. The third-order valence-corrected chi connectivity index (χ3v) is 2.35. The largest absolute Gasteiger partial charge is 0.480 e. The molecule has 0 saturated carbocycles. The number of carbonyl (C=O) groups excluding carboxylic acids is 1. The van der Waals surface area contributed by atoms with E-state index in [1.165, 1.54) is 0 Å². The zero-order chi connectivity index (χ0) is 12.8. The minimum atomic E-state index is -0.935. The van der Waals surface area contributed by atoms with E-state index in [4.69, 9.17) is 10.8 Å². The first-order valence-electron chi connectivity index (χ1n) is 5.31. The van der Waals surface area contributed by atoms with Gasteiger partial charge in [-0.3, -0.25) is 9.59 Å². The Morgan fingerprint density at radius 1 is 1.29 bits per heavy atom. The molecule has 0 fully saturated rings. The average molecular weight is 236 g/mol. The van der Waals surface area contributed by atoms with Gasteiger partial charge in [-0.05, 0) is 19.1 Å². The number of nitrogens with zero attached hydrogens (tertiary/aromatic N) is 1. The molecule has 0 heterocycles. The summed E-state index contributed by atoms with van der Waals surface area (Å²) in [6.45, 7) is 2.12. The van der Waals surface area contributed by atoms with E-state index in [-0.39, 0.29) is 13.0 Å². The molecule has 0 saturated heterocycles. The Balaban J connectivity index is 2.77. The highest BCUT2D eigenvalue weighted by molar-refractivity contribution is 5.76. The van der Waals surface area contributed by atoms with Gasteiger partial charge in [-0.2, -0.15) is 0 Å². The van der Waals surface area contributed by atoms with Gasteiger partial charge in [0, 0.05) is 18.7 Å². The molecule has 0 spiro atoms. The molecule has 0 aliphatic carbocycles. The first-order valence-corrected chi connectivity index (χ1v) is 5.31. The molecule has 1 rings (SSSR count). The minimum Gasteiger partial charge on any atom is -0.480 e. The van der Waals surface area contributed by atoms with Crippen LogP contribution in [0.15, 0.2) is 24.3 Å². The lowest BCUT2D eigenvalue weighted by Crippen LogP contribution is -2.32. The second kappa shape index (κ2) is 5.89. The van der Waals surface area contributed by atoms with Gasteiger partial charge in [0.15, 0.2) is 0 Å². The Morgan fingerprint density at radius 3 is 2.35 bits per heavy atom. The van der Waals surface area contributed by atoms with Gasteiger partial charge in [0.2, 0.25) is 5.91 Å². The van der Waals surface area contributed by atoms with Crippen molar-refractivity contribution >= 4 is 17.6 Å². The second-order valence-electron chi connectivity index (χ2n) is 3.87. The molecule has 3 N–H and O–H groups in total. The van der Waals surface area contributed by atoms with Crippen LogP contribution in [0.3, 0.4) is 0 Å². The molecule has 1 amide bonds. The number of carbonyl (C=O) groups is 2. The summed E-state index contributed by atoms with van der Waals surface area (Å²) >= 11 is 0. The summed E-state index contributed by atoms with van der Waals surface area (Å²) in [7, 11) is 0. The summed E-state index contributed by atoms with van der Waals surface area (Å²) < 4.78 is 0. The van der Waals surface area contributed by atoms with Crippen molar-refractivity contribution in [2.75, 3.05) is 18.0 Å². The molecular formula is C12H16N2O3. The average Bonchev–Trinajstić information content (AvgIpc) is 2.25. The molecule has 0 aromatic heterocycles. The van der Waals surface area contributed by atoms with Gasteiger partial charge in [0.05, 0.1) is 0 Å².